The van der Waals surface area contributed by atoms with Gasteiger partial charge >= 0.3 is 6.09 Å². The molecule has 0 aromatic carbocycles. The van der Waals surface area contributed by atoms with Gasteiger partial charge < -0.3 is 15.4 Å². The maximum Gasteiger partial charge on any atom is 0.409 e. The summed E-state index contributed by atoms with van der Waals surface area (Å²) in [5.74, 6) is 0. The standard InChI is InChI=1S/C14H22N4O2/c1-2-20-14(19)18-8-6-17(7-9-18)11-12-4-3-5-16-13(12)10-15/h3-5H,2,6-11,15H2,1H3. The molecule has 0 unspecified atom stereocenters. The van der Waals surface area contributed by atoms with Crippen molar-refractivity contribution in [2.45, 2.75) is 20.0 Å². The Labute approximate surface area is 119 Å². The number of amides is 1. The third-order valence-electron chi connectivity index (χ3n) is 3.47. The second kappa shape index (κ2) is 7.21. The Morgan fingerprint density at radius 2 is 2.15 bits per heavy atom. The van der Waals surface area contributed by atoms with E-state index in [1.165, 1.54) is 5.56 Å². The van der Waals surface area contributed by atoms with E-state index in [0.717, 1.165) is 25.3 Å². The molecule has 6 nitrogen and oxygen atoms in total. The minimum atomic E-state index is -0.212. The van der Waals surface area contributed by atoms with E-state index in [4.69, 9.17) is 10.5 Å². The van der Waals surface area contributed by atoms with E-state index in [9.17, 15) is 4.79 Å². The molecule has 6 heteroatoms. The van der Waals surface area contributed by atoms with Crippen molar-refractivity contribution in [1.82, 2.24) is 14.8 Å². The molecule has 0 bridgehead atoms. The minimum absolute atomic E-state index is 0.212. The summed E-state index contributed by atoms with van der Waals surface area (Å²) in [4.78, 5) is 20.0. The van der Waals surface area contributed by atoms with E-state index in [-0.39, 0.29) is 6.09 Å². The highest BCUT2D eigenvalue weighted by Crippen LogP contribution is 2.11. The SMILES string of the molecule is CCOC(=O)N1CCN(Cc2cccnc2CN)CC1. The van der Waals surface area contributed by atoms with Gasteiger partial charge in [0.25, 0.3) is 0 Å². The van der Waals surface area contributed by atoms with Crippen LogP contribution < -0.4 is 5.73 Å². The molecule has 0 radical (unpaired) electrons. The number of pyridine rings is 1. The van der Waals surface area contributed by atoms with Crippen molar-refractivity contribution in [2.75, 3.05) is 32.8 Å². The number of carbonyl (C=O) groups excluding carboxylic acids is 1. The maximum atomic E-state index is 11.6. The summed E-state index contributed by atoms with van der Waals surface area (Å²) in [6.45, 7) is 6.64. The summed E-state index contributed by atoms with van der Waals surface area (Å²) in [7, 11) is 0. The molecule has 1 aliphatic heterocycles. The smallest absolute Gasteiger partial charge is 0.409 e. The topological polar surface area (TPSA) is 71.7 Å². The van der Waals surface area contributed by atoms with Crippen LogP contribution in [0, 0.1) is 0 Å². The number of nitrogens with two attached hydrogens (primary N) is 1. The molecule has 0 aliphatic carbocycles. The monoisotopic (exact) mass is 278 g/mol. The number of hydrogen-bond acceptors (Lipinski definition) is 5. The van der Waals surface area contributed by atoms with Crippen LogP contribution in [-0.2, 0) is 17.8 Å². The van der Waals surface area contributed by atoms with Gasteiger partial charge in [-0.25, -0.2) is 4.79 Å². The number of ether oxygens (including phenoxy) is 1. The van der Waals surface area contributed by atoms with Crippen LogP contribution in [0.3, 0.4) is 0 Å². The van der Waals surface area contributed by atoms with Gasteiger partial charge in [0.05, 0.1) is 12.3 Å². The molecule has 1 fully saturated rings. The van der Waals surface area contributed by atoms with Crippen LogP contribution in [0.4, 0.5) is 4.79 Å². The predicted molar refractivity (Wildman–Crippen MR) is 76.0 cm³/mol. The summed E-state index contributed by atoms with van der Waals surface area (Å²) < 4.78 is 5.01. The second-order valence-corrected chi connectivity index (χ2v) is 4.78. The van der Waals surface area contributed by atoms with Gasteiger partial charge in [0.1, 0.15) is 0 Å². The van der Waals surface area contributed by atoms with Gasteiger partial charge in [-0.2, -0.15) is 0 Å². The highest BCUT2D eigenvalue weighted by atomic mass is 16.6. The lowest BCUT2D eigenvalue weighted by Crippen LogP contribution is -2.48. The molecule has 1 aromatic heterocycles. The third-order valence-corrected chi connectivity index (χ3v) is 3.47. The van der Waals surface area contributed by atoms with E-state index in [1.54, 1.807) is 11.1 Å². The zero-order valence-corrected chi connectivity index (χ0v) is 11.9. The molecule has 1 saturated heterocycles. The number of nitrogens with zero attached hydrogens (tertiary/aromatic N) is 3. The molecular formula is C14H22N4O2. The van der Waals surface area contributed by atoms with Crippen LogP contribution in [0.5, 0.6) is 0 Å². The van der Waals surface area contributed by atoms with Crippen LogP contribution in [-0.4, -0.2) is 53.7 Å². The Bertz CT molecular complexity index is 445. The van der Waals surface area contributed by atoms with Crippen molar-refractivity contribution in [3.63, 3.8) is 0 Å². The number of rotatable bonds is 4. The average molecular weight is 278 g/mol. The number of aromatic nitrogens is 1. The summed E-state index contributed by atoms with van der Waals surface area (Å²) in [5.41, 5.74) is 7.81. The number of carbonyl (C=O) groups is 1. The molecule has 20 heavy (non-hydrogen) atoms. The van der Waals surface area contributed by atoms with E-state index < -0.39 is 0 Å². The first kappa shape index (κ1) is 14.7. The molecule has 0 spiro atoms. The van der Waals surface area contributed by atoms with Gasteiger partial charge in [-0.05, 0) is 18.6 Å². The largest absolute Gasteiger partial charge is 0.450 e. The van der Waals surface area contributed by atoms with Crippen LogP contribution in [0.1, 0.15) is 18.2 Å². The summed E-state index contributed by atoms with van der Waals surface area (Å²) >= 11 is 0. The van der Waals surface area contributed by atoms with Crippen LogP contribution in [0.15, 0.2) is 18.3 Å². The van der Waals surface area contributed by atoms with E-state index in [2.05, 4.69) is 16.0 Å². The van der Waals surface area contributed by atoms with Gasteiger partial charge in [0, 0.05) is 45.5 Å². The fourth-order valence-electron chi connectivity index (χ4n) is 2.34. The van der Waals surface area contributed by atoms with Crippen molar-refractivity contribution in [1.29, 1.82) is 0 Å². The second-order valence-electron chi connectivity index (χ2n) is 4.78. The maximum absolute atomic E-state index is 11.6. The first-order valence-electron chi connectivity index (χ1n) is 7.01. The van der Waals surface area contributed by atoms with Crippen molar-refractivity contribution < 1.29 is 9.53 Å². The molecule has 0 saturated carbocycles. The molecule has 1 amide bonds. The summed E-state index contributed by atoms with van der Waals surface area (Å²) in [6.07, 6.45) is 1.56. The van der Waals surface area contributed by atoms with Gasteiger partial charge in [0.15, 0.2) is 0 Å². The first-order chi connectivity index (χ1) is 9.74. The van der Waals surface area contributed by atoms with Gasteiger partial charge in [0.2, 0.25) is 0 Å². The van der Waals surface area contributed by atoms with Crippen molar-refractivity contribution in [2.24, 2.45) is 5.73 Å². The van der Waals surface area contributed by atoms with Gasteiger partial charge in [-0.1, -0.05) is 6.07 Å². The molecule has 1 aromatic rings. The lowest BCUT2D eigenvalue weighted by Gasteiger charge is -2.34. The number of hydrogen-bond donors (Lipinski definition) is 1. The molecule has 110 valence electrons. The van der Waals surface area contributed by atoms with Crippen LogP contribution in [0.25, 0.3) is 0 Å². The predicted octanol–water partition coefficient (Wildman–Crippen LogP) is 0.814. The number of piperazine rings is 1. The quantitative estimate of drug-likeness (QED) is 0.882. The fourth-order valence-corrected chi connectivity index (χ4v) is 2.34. The van der Waals surface area contributed by atoms with Crippen molar-refractivity contribution in [3.8, 4) is 0 Å². The molecule has 0 atom stereocenters. The lowest BCUT2D eigenvalue weighted by molar-refractivity contribution is 0.0777. The van der Waals surface area contributed by atoms with Gasteiger partial charge in [-0.15, -0.1) is 0 Å². The van der Waals surface area contributed by atoms with Crippen LogP contribution >= 0.6 is 0 Å². The normalized spacial score (nSPS) is 16.2. The van der Waals surface area contributed by atoms with Gasteiger partial charge in [-0.3, -0.25) is 9.88 Å². The Morgan fingerprint density at radius 3 is 2.80 bits per heavy atom. The van der Waals surface area contributed by atoms with Crippen molar-refractivity contribution >= 4 is 6.09 Å². The lowest BCUT2D eigenvalue weighted by atomic mass is 10.1. The van der Waals surface area contributed by atoms with E-state index in [1.807, 2.05) is 13.0 Å². The van der Waals surface area contributed by atoms with E-state index >= 15 is 0 Å². The first-order valence-corrected chi connectivity index (χ1v) is 7.01. The van der Waals surface area contributed by atoms with E-state index in [0.29, 0.717) is 26.2 Å². The van der Waals surface area contributed by atoms with Crippen molar-refractivity contribution in [3.05, 3.63) is 29.6 Å². The highest BCUT2D eigenvalue weighted by molar-refractivity contribution is 5.67. The third kappa shape index (κ3) is 3.68. The Hall–Kier alpha value is -1.66. The Kier molecular flexibility index (Phi) is 5.31. The minimum Gasteiger partial charge on any atom is -0.450 e. The zero-order chi connectivity index (χ0) is 14.4. The summed E-state index contributed by atoms with van der Waals surface area (Å²) in [6, 6.07) is 4.00. The molecule has 1 aliphatic rings. The summed E-state index contributed by atoms with van der Waals surface area (Å²) in [5, 5.41) is 0. The molecule has 2 N–H and O–H groups in total. The fraction of sp³-hybridized carbons (Fsp3) is 0.571. The zero-order valence-electron chi connectivity index (χ0n) is 11.9. The van der Waals surface area contributed by atoms with Crippen LogP contribution in [0.2, 0.25) is 0 Å². The Balaban J connectivity index is 1.87. The molecule has 2 heterocycles. The molecule has 2 rings (SSSR count). The highest BCUT2D eigenvalue weighted by Gasteiger charge is 2.22. The average Bonchev–Trinajstić information content (AvgIpc) is 2.49. The molecular weight excluding hydrogens is 256 g/mol. The Morgan fingerprint density at radius 1 is 1.40 bits per heavy atom.